The lowest BCUT2D eigenvalue weighted by Crippen LogP contribution is -2.36. The van der Waals surface area contributed by atoms with Crippen molar-refractivity contribution < 1.29 is 14.3 Å². The van der Waals surface area contributed by atoms with Gasteiger partial charge in [-0.15, -0.1) is 11.3 Å². The van der Waals surface area contributed by atoms with Gasteiger partial charge in [0.15, 0.2) is 0 Å². The van der Waals surface area contributed by atoms with E-state index in [9.17, 15) is 9.59 Å². The lowest BCUT2D eigenvalue weighted by molar-refractivity contribution is -0.119. The number of nitrogens with zero attached hydrogens (tertiary/aromatic N) is 1. The van der Waals surface area contributed by atoms with E-state index in [1.807, 2.05) is 29.2 Å². The van der Waals surface area contributed by atoms with E-state index >= 15 is 0 Å². The maximum atomic E-state index is 12.6. The maximum Gasteiger partial charge on any atom is 0.348 e. The van der Waals surface area contributed by atoms with Crippen molar-refractivity contribution >= 4 is 28.9 Å². The highest BCUT2D eigenvalue weighted by Crippen LogP contribution is 2.30. The topological polar surface area (TPSA) is 46.6 Å². The molecule has 0 N–H and O–H groups in total. The highest BCUT2D eigenvalue weighted by Gasteiger charge is 2.23. The van der Waals surface area contributed by atoms with E-state index in [1.165, 1.54) is 28.8 Å². The van der Waals surface area contributed by atoms with Gasteiger partial charge in [0, 0.05) is 17.1 Å². The number of para-hydroxylation sites is 1. The highest BCUT2D eigenvalue weighted by molar-refractivity contribution is 7.14. The van der Waals surface area contributed by atoms with E-state index in [0.29, 0.717) is 4.88 Å². The molecule has 0 unspecified atom stereocenters. The minimum atomic E-state index is -0.295. The normalized spacial score (nSPS) is 15.9. The third-order valence-corrected chi connectivity index (χ3v) is 6.38. The Morgan fingerprint density at radius 1 is 1.04 bits per heavy atom. The zero-order chi connectivity index (χ0) is 17.9. The number of amides is 1. The average molecular weight is 369 g/mol. The van der Waals surface area contributed by atoms with E-state index in [-0.39, 0.29) is 24.9 Å². The predicted molar refractivity (Wildman–Crippen MR) is 103 cm³/mol. The number of fused-ring (bicyclic) bond motifs is 2. The van der Waals surface area contributed by atoms with E-state index in [1.54, 1.807) is 11.3 Å². The van der Waals surface area contributed by atoms with E-state index < -0.39 is 0 Å². The van der Waals surface area contributed by atoms with Crippen LogP contribution in [0.3, 0.4) is 0 Å². The molecule has 5 heteroatoms. The second-order valence-electron chi connectivity index (χ2n) is 6.93. The van der Waals surface area contributed by atoms with Crippen LogP contribution in [0.2, 0.25) is 0 Å². The first-order valence-corrected chi connectivity index (χ1v) is 10.2. The van der Waals surface area contributed by atoms with Crippen molar-refractivity contribution in [3.8, 4) is 0 Å². The van der Waals surface area contributed by atoms with E-state index in [4.69, 9.17) is 4.74 Å². The van der Waals surface area contributed by atoms with Crippen LogP contribution in [0.15, 0.2) is 30.3 Å². The molecule has 1 aliphatic heterocycles. The second kappa shape index (κ2) is 7.62. The van der Waals surface area contributed by atoms with Crippen LogP contribution in [0.5, 0.6) is 0 Å². The largest absolute Gasteiger partial charge is 0.461 e. The quantitative estimate of drug-likeness (QED) is 0.761. The van der Waals surface area contributed by atoms with Crippen LogP contribution in [-0.2, 0) is 28.8 Å². The Kier molecular flexibility index (Phi) is 5.07. The minimum absolute atomic E-state index is 0.0235. The van der Waals surface area contributed by atoms with Gasteiger partial charge in [-0.05, 0) is 61.8 Å². The summed E-state index contributed by atoms with van der Waals surface area (Å²) >= 11 is 1.55. The number of hydrogen-bond donors (Lipinski definition) is 0. The molecule has 0 atom stereocenters. The molecular weight excluding hydrogens is 346 g/mol. The smallest absolute Gasteiger partial charge is 0.348 e. The monoisotopic (exact) mass is 369 g/mol. The number of hydrogen-bond acceptors (Lipinski definition) is 4. The molecule has 4 nitrogen and oxygen atoms in total. The van der Waals surface area contributed by atoms with Crippen LogP contribution in [0.1, 0.15) is 51.4 Å². The summed E-state index contributed by atoms with van der Waals surface area (Å²) in [7, 11) is 0. The molecular formula is C21H23NO3S. The number of ether oxygens (including phenoxy) is 1. The third-order valence-electron chi connectivity index (χ3n) is 5.16. The van der Waals surface area contributed by atoms with Crippen molar-refractivity contribution in [2.75, 3.05) is 18.1 Å². The zero-order valence-corrected chi connectivity index (χ0v) is 15.6. The number of rotatable bonds is 4. The van der Waals surface area contributed by atoms with Gasteiger partial charge in [-0.1, -0.05) is 18.2 Å². The number of benzene rings is 1. The summed E-state index contributed by atoms with van der Waals surface area (Å²) in [6, 6.07) is 10.0. The fourth-order valence-electron chi connectivity index (χ4n) is 3.82. The average Bonchev–Trinajstić information content (AvgIpc) is 3.11. The summed E-state index contributed by atoms with van der Waals surface area (Å²) < 4.78 is 5.38. The van der Waals surface area contributed by atoms with E-state index in [0.717, 1.165) is 37.9 Å². The lowest BCUT2D eigenvalue weighted by atomic mass is 9.99. The molecule has 1 aliphatic carbocycles. The molecule has 0 saturated heterocycles. The Hall–Kier alpha value is -2.14. The molecule has 26 heavy (non-hydrogen) atoms. The van der Waals surface area contributed by atoms with Crippen LogP contribution in [0.25, 0.3) is 0 Å². The summed E-state index contributed by atoms with van der Waals surface area (Å²) in [6.45, 7) is 0.875. The van der Waals surface area contributed by atoms with Crippen molar-refractivity contribution in [2.45, 2.75) is 44.9 Å². The molecule has 0 spiro atoms. The lowest BCUT2D eigenvalue weighted by Gasteiger charge is -2.29. The second-order valence-corrected chi connectivity index (χ2v) is 8.07. The van der Waals surface area contributed by atoms with Crippen LogP contribution >= 0.6 is 11.3 Å². The minimum Gasteiger partial charge on any atom is -0.461 e. The summed E-state index contributed by atoms with van der Waals surface area (Å²) in [5, 5.41) is 0. The molecule has 1 aromatic carbocycles. The fourth-order valence-corrected chi connectivity index (χ4v) is 4.97. The van der Waals surface area contributed by atoms with Crippen LogP contribution in [0.4, 0.5) is 5.69 Å². The van der Waals surface area contributed by atoms with Gasteiger partial charge in [0.25, 0.3) is 0 Å². The number of anilines is 1. The van der Waals surface area contributed by atoms with Crippen molar-refractivity contribution in [2.24, 2.45) is 0 Å². The Morgan fingerprint density at radius 2 is 1.85 bits per heavy atom. The van der Waals surface area contributed by atoms with Crippen LogP contribution in [0, 0.1) is 0 Å². The van der Waals surface area contributed by atoms with Crippen molar-refractivity contribution in [1.82, 2.24) is 0 Å². The zero-order valence-electron chi connectivity index (χ0n) is 14.8. The first kappa shape index (κ1) is 17.3. The first-order chi connectivity index (χ1) is 12.7. The van der Waals surface area contributed by atoms with Crippen molar-refractivity contribution in [3.05, 3.63) is 51.2 Å². The fraction of sp³-hybridized carbons (Fsp3) is 0.429. The molecule has 136 valence electrons. The molecule has 0 bridgehead atoms. The van der Waals surface area contributed by atoms with Crippen LogP contribution in [-0.4, -0.2) is 25.0 Å². The maximum absolute atomic E-state index is 12.6. The molecule has 2 aromatic rings. The summed E-state index contributed by atoms with van der Waals surface area (Å²) in [4.78, 5) is 28.7. The number of carbonyl (C=O) groups excluding carboxylic acids is 2. The number of aryl methyl sites for hydroxylation is 3. The Labute approximate surface area is 157 Å². The molecule has 2 aliphatic rings. The van der Waals surface area contributed by atoms with Gasteiger partial charge in [-0.3, -0.25) is 4.79 Å². The van der Waals surface area contributed by atoms with Gasteiger partial charge < -0.3 is 9.64 Å². The molecule has 0 radical (unpaired) electrons. The molecule has 1 aromatic heterocycles. The van der Waals surface area contributed by atoms with Crippen molar-refractivity contribution in [3.63, 3.8) is 0 Å². The summed E-state index contributed by atoms with van der Waals surface area (Å²) in [6.07, 6.45) is 6.75. The Morgan fingerprint density at radius 3 is 2.73 bits per heavy atom. The summed E-state index contributed by atoms with van der Waals surface area (Å²) in [5.74, 6) is -0.272. The number of carbonyl (C=O) groups is 2. The molecule has 1 amide bonds. The van der Waals surface area contributed by atoms with Gasteiger partial charge in [-0.2, -0.15) is 0 Å². The van der Waals surface area contributed by atoms with Gasteiger partial charge in [0.1, 0.15) is 11.5 Å². The standard InChI is InChI=1S/C21H23NO3S/c23-20(22-12-5-8-15-6-1-3-9-17(15)22)11-13-25-21(24)19-14-16-7-2-4-10-18(16)26-19/h1,3,6,9,14H,2,4-5,7-8,10-13H2. The molecule has 0 fully saturated rings. The molecule has 0 saturated carbocycles. The van der Waals surface area contributed by atoms with Gasteiger partial charge >= 0.3 is 5.97 Å². The SMILES string of the molecule is O=C(OCCC(=O)N1CCCc2ccccc21)c1cc2c(s1)CCCC2. The summed E-state index contributed by atoms with van der Waals surface area (Å²) in [5.41, 5.74) is 3.52. The highest BCUT2D eigenvalue weighted by atomic mass is 32.1. The van der Waals surface area contributed by atoms with Gasteiger partial charge in [-0.25, -0.2) is 4.79 Å². The van der Waals surface area contributed by atoms with Gasteiger partial charge in [0.2, 0.25) is 5.91 Å². The van der Waals surface area contributed by atoms with Crippen molar-refractivity contribution in [1.29, 1.82) is 0 Å². The number of esters is 1. The van der Waals surface area contributed by atoms with Crippen LogP contribution < -0.4 is 4.90 Å². The van der Waals surface area contributed by atoms with E-state index in [2.05, 4.69) is 6.07 Å². The Bertz CT molecular complexity index is 803. The molecule has 2 heterocycles. The number of thiophene rings is 1. The third kappa shape index (κ3) is 3.54. The van der Waals surface area contributed by atoms with Gasteiger partial charge in [0.05, 0.1) is 6.42 Å². The molecule has 4 rings (SSSR count). The Balaban J connectivity index is 1.33. The first-order valence-electron chi connectivity index (χ1n) is 9.39. The predicted octanol–water partition coefficient (Wildman–Crippen LogP) is 4.15.